The Kier molecular flexibility index (Phi) is 3.22. The normalized spacial score (nSPS) is 10.9. The third kappa shape index (κ3) is 2.52. The summed E-state index contributed by atoms with van der Waals surface area (Å²) >= 11 is 1.68. The maximum absolute atomic E-state index is 12.2. The maximum Gasteiger partial charge on any atom is 0.416 e. The molecule has 0 aliphatic carbocycles. The molecule has 0 N–H and O–H groups in total. The van der Waals surface area contributed by atoms with Gasteiger partial charge in [-0.25, -0.2) is 0 Å². The summed E-state index contributed by atoms with van der Waals surface area (Å²) in [6.45, 7) is 0. The van der Waals surface area contributed by atoms with Crippen molar-refractivity contribution < 1.29 is 13.2 Å². The highest BCUT2D eigenvalue weighted by Gasteiger charge is 2.30. The third-order valence-electron chi connectivity index (χ3n) is 1.43. The molecular formula is C7H3F3IN3. The van der Waals surface area contributed by atoms with Crippen molar-refractivity contribution in [1.29, 1.82) is 0 Å². The number of benzene rings is 1. The second-order valence-corrected chi connectivity index (χ2v) is 3.52. The van der Waals surface area contributed by atoms with Gasteiger partial charge in [-0.2, -0.15) is 13.2 Å². The molecule has 0 spiro atoms. The summed E-state index contributed by atoms with van der Waals surface area (Å²) < 4.78 is 36.8. The minimum absolute atomic E-state index is 0.195. The van der Waals surface area contributed by atoms with Gasteiger partial charge in [-0.15, -0.1) is 0 Å². The van der Waals surface area contributed by atoms with Crippen molar-refractivity contribution in [2.75, 3.05) is 0 Å². The molecule has 74 valence electrons. The molecule has 1 aromatic rings. The lowest BCUT2D eigenvalue weighted by Gasteiger charge is -2.07. The standard InChI is InChI=1S/C7H3F3IN3/c8-7(9,10)4-1-2-6(13-14-12)5(11)3-4/h1-3H. The van der Waals surface area contributed by atoms with E-state index in [0.29, 0.717) is 0 Å². The second-order valence-electron chi connectivity index (χ2n) is 2.35. The van der Waals surface area contributed by atoms with Crippen LogP contribution in [0.15, 0.2) is 23.3 Å². The molecule has 0 fully saturated rings. The van der Waals surface area contributed by atoms with Crippen LogP contribution in [0.4, 0.5) is 18.9 Å². The monoisotopic (exact) mass is 313 g/mol. The van der Waals surface area contributed by atoms with Gasteiger partial charge >= 0.3 is 6.18 Å². The number of nitrogens with zero attached hydrogens (tertiary/aromatic N) is 3. The molecule has 1 aromatic carbocycles. The Bertz CT molecular complexity index is 396. The molecule has 0 radical (unpaired) electrons. The first kappa shape index (κ1) is 11.1. The topological polar surface area (TPSA) is 48.8 Å². The predicted octanol–water partition coefficient (Wildman–Crippen LogP) is 4.25. The highest BCUT2D eigenvalue weighted by Crippen LogP contribution is 2.33. The van der Waals surface area contributed by atoms with E-state index in [4.69, 9.17) is 5.53 Å². The fourth-order valence-electron chi connectivity index (χ4n) is 0.813. The van der Waals surface area contributed by atoms with Gasteiger partial charge in [0.15, 0.2) is 0 Å². The first-order valence-corrected chi connectivity index (χ1v) is 4.45. The fraction of sp³-hybridized carbons (Fsp3) is 0.143. The molecule has 1 rings (SSSR count). The minimum Gasteiger partial charge on any atom is -0.166 e. The molecule has 0 amide bonds. The second kappa shape index (κ2) is 4.05. The van der Waals surface area contributed by atoms with Crippen molar-refractivity contribution in [2.24, 2.45) is 5.11 Å². The average Bonchev–Trinajstić information content (AvgIpc) is 2.07. The van der Waals surface area contributed by atoms with Crippen LogP contribution in [0.5, 0.6) is 0 Å². The van der Waals surface area contributed by atoms with Crippen LogP contribution in [0, 0.1) is 3.57 Å². The van der Waals surface area contributed by atoms with Crippen LogP contribution in [0.1, 0.15) is 5.56 Å². The van der Waals surface area contributed by atoms with E-state index in [0.717, 1.165) is 18.2 Å². The summed E-state index contributed by atoms with van der Waals surface area (Å²) in [6.07, 6.45) is -4.37. The Labute approximate surface area is 90.7 Å². The van der Waals surface area contributed by atoms with Gasteiger partial charge < -0.3 is 0 Å². The molecule has 0 aliphatic heterocycles. The smallest absolute Gasteiger partial charge is 0.166 e. The van der Waals surface area contributed by atoms with E-state index in [-0.39, 0.29) is 9.26 Å². The van der Waals surface area contributed by atoms with Gasteiger partial charge in [0, 0.05) is 8.48 Å². The van der Waals surface area contributed by atoms with Crippen molar-refractivity contribution >= 4 is 28.3 Å². The summed E-state index contributed by atoms with van der Waals surface area (Å²) in [6, 6.07) is 2.96. The van der Waals surface area contributed by atoms with Crippen LogP contribution in [0.25, 0.3) is 10.4 Å². The van der Waals surface area contributed by atoms with E-state index >= 15 is 0 Å². The van der Waals surface area contributed by atoms with Gasteiger partial charge in [0.25, 0.3) is 0 Å². The quantitative estimate of drug-likeness (QED) is 0.322. The van der Waals surface area contributed by atoms with Crippen LogP contribution in [-0.4, -0.2) is 0 Å². The molecule has 7 heteroatoms. The molecule has 0 saturated heterocycles. The molecule has 0 aliphatic rings. The number of hydrogen-bond acceptors (Lipinski definition) is 1. The van der Waals surface area contributed by atoms with E-state index in [2.05, 4.69) is 10.0 Å². The van der Waals surface area contributed by atoms with Gasteiger partial charge in [-0.05, 0) is 40.3 Å². The van der Waals surface area contributed by atoms with Gasteiger partial charge in [-0.1, -0.05) is 11.2 Å². The van der Waals surface area contributed by atoms with Crippen LogP contribution < -0.4 is 0 Å². The Balaban J connectivity index is 3.19. The predicted molar refractivity (Wildman–Crippen MR) is 53.0 cm³/mol. The van der Waals surface area contributed by atoms with Gasteiger partial charge in [0.2, 0.25) is 0 Å². The molecule has 14 heavy (non-hydrogen) atoms. The molecule has 0 bridgehead atoms. The summed E-state index contributed by atoms with van der Waals surface area (Å²) in [4.78, 5) is 2.50. The van der Waals surface area contributed by atoms with Crippen molar-refractivity contribution in [3.8, 4) is 0 Å². The minimum atomic E-state index is -4.37. The number of rotatable bonds is 1. The number of azide groups is 1. The lowest BCUT2D eigenvalue weighted by Crippen LogP contribution is -2.04. The largest absolute Gasteiger partial charge is 0.416 e. The molecule has 0 unspecified atom stereocenters. The van der Waals surface area contributed by atoms with E-state index in [9.17, 15) is 13.2 Å². The van der Waals surface area contributed by atoms with Gasteiger partial charge in [0.1, 0.15) is 0 Å². The first-order valence-electron chi connectivity index (χ1n) is 3.37. The number of alkyl halides is 3. The van der Waals surface area contributed by atoms with Crippen LogP contribution in [0.3, 0.4) is 0 Å². The fourth-order valence-corrected chi connectivity index (χ4v) is 1.44. The average molecular weight is 313 g/mol. The molecule has 0 atom stereocenters. The van der Waals surface area contributed by atoms with Crippen LogP contribution >= 0.6 is 22.6 Å². The molecular weight excluding hydrogens is 310 g/mol. The number of halogens is 4. The zero-order valence-electron chi connectivity index (χ0n) is 6.59. The molecule has 0 saturated carbocycles. The zero-order chi connectivity index (χ0) is 10.8. The maximum atomic E-state index is 12.2. The van der Waals surface area contributed by atoms with Crippen molar-refractivity contribution in [1.82, 2.24) is 0 Å². The van der Waals surface area contributed by atoms with E-state index < -0.39 is 11.7 Å². The van der Waals surface area contributed by atoms with Crippen LogP contribution in [0.2, 0.25) is 0 Å². The van der Waals surface area contributed by atoms with Gasteiger partial charge in [0.05, 0.1) is 11.3 Å². The number of hydrogen-bond donors (Lipinski definition) is 0. The van der Waals surface area contributed by atoms with E-state index in [1.807, 2.05) is 0 Å². The Hall–Kier alpha value is -0.950. The molecule has 0 aromatic heterocycles. The van der Waals surface area contributed by atoms with Crippen LogP contribution in [-0.2, 0) is 6.18 Å². The summed E-state index contributed by atoms with van der Waals surface area (Å²) in [5, 5.41) is 3.24. The highest BCUT2D eigenvalue weighted by molar-refractivity contribution is 14.1. The lowest BCUT2D eigenvalue weighted by molar-refractivity contribution is -0.137. The van der Waals surface area contributed by atoms with Gasteiger partial charge in [-0.3, -0.25) is 0 Å². The van der Waals surface area contributed by atoms with E-state index in [1.165, 1.54) is 0 Å². The van der Waals surface area contributed by atoms with Crippen molar-refractivity contribution in [2.45, 2.75) is 6.18 Å². The third-order valence-corrected chi connectivity index (χ3v) is 2.29. The van der Waals surface area contributed by atoms with Crippen molar-refractivity contribution in [3.63, 3.8) is 0 Å². The Morgan fingerprint density at radius 3 is 2.43 bits per heavy atom. The molecule has 3 nitrogen and oxygen atoms in total. The highest BCUT2D eigenvalue weighted by atomic mass is 127. The molecule has 0 heterocycles. The summed E-state index contributed by atoms with van der Waals surface area (Å²) in [5.41, 5.74) is 7.55. The Morgan fingerprint density at radius 2 is 2.00 bits per heavy atom. The Morgan fingerprint density at radius 1 is 1.36 bits per heavy atom. The zero-order valence-corrected chi connectivity index (χ0v) is 8.74. The van der Waals surface area contributed by atoms with E-state index in [1.54, 1.807) is 22.6 Å². The van der Waals surface area contributed by atoms with Crippen molar-refractivity contribution in [3.05, 3.63) is 37.8 Å². The summed E-state index contributed by atoms with van der Waals surface area (Å²) in [7, 11) is 0. The lowest BCUT2D eigenvalue weighted by atomic mass is 10.2. The SMILES string of the molecule is [N-]=[N+]=Nc1ccc(C(F)(F)F)cc1I. The first-order chi connectivity index (χ1) is 6.45. The summed E-state index contributed by atoms with van der Waals surface area (Å²) in [5.74, 6) is 0.